The second-order valence-corrected chi connectivity index (χ2v) is 8.00. The molecule has 0 amide bonds. The fraction of sp³-hybridized carbons (Fsp3) is 0.150. The lowest BCUT2D eigenvalue weighted by Gasteiger charge is -2.09. The van der Waals surface area contributed by atoms with E-state index in [1.54, 1.807) is 23.7 Å². The molecule has 0 aliphatic heterocycles. The van der Waals surface area contributed by atoms with Crippen molar-refractivity contribution in [1.29, 1.82) is 0 Å². The minimum Gasteiger partial charge on any atom is -0.494 e. The number of hydrogen-bond donors (Lipinski definition) is 3. The summed E-state index contributed by atoms with van der Waals surface area (Å²) in [7, 11) is 0. The van der Waals surface area contributed by atoms with Crippen LogP contribution in [0.15, 0.2) is 43.0 Å². The van der Waals surface area contributed by atoms with Gasteiger partial charge in [0.2, 0.25) is 0 Å². The van der Waals surface area contributed by atoms with Crippen LogP contribution in [0.1, 0.15) is 17.0 Å². The van der Waals surface area contributed by atoms with Gasteiger partial charge in [-0.25, -0.2) is 15.0 Å². The van der Waals surface area contributed by atoms with E-state index in [2.05, 4.69) is 20.3 Å². The van der Waals surface area contributed by atoms with Crippen LogP contribution < -0.4 is 5.32 Å². The zero-order chi connectivity index (χ0) is 18.7. The van der Waals surface area contributed by atoms with E-state index in [4.69, 9.17) is 4.98 Å². The Morgan fingerprint density at radius 1 is 1.21 bits per heavy atom. The van der Waals surface area contributed by atoms with E-state index in [1.807, 2.05) is 35.0 Å². The molecular weight excluding hydrogens is 372 g/mol. The molecule has 1 aromatic carbocycles. The minimum absolute atomic E-state index is 0.183. The Bertz CT molecular complexity index is 1330. The first kappa shape index (κ1) is 15.6. The fourth-order valence-corrected chi connectivity index (χ4v) is 4.90. The number of nitrogens with one attached hydrogen (secondary N) is 2. The van der Waals surface area contributed by atoms with Crippen LogP contribution in [0.3, 0.4) is 0 Å². The van der Waals surface area contributed by atoms with E-state index in [-0.39, 0.29) is 5.88 Å². The summed E-state index contributed by atoms with van der Waals surface area (Å²) in [5, 5.41) is 15.8. The molecule has 0 unspecified atom stereocenters. The molecular formula is C20H16N6OS. The lowest BCUT2D eigenvalue weighted by molar-refractivity contribution is 0.462. The Balaban J connectivity index is 1.42. The van der Waals surface area contributed by atoms with Gasteiger partial charge in [0.1, 0.15) is 0 Å². The van der Waals surface area contributed by atoms with Crippen molar-refractivity contribution in [2.24, 2.45) is 0 Å². The van der Waals surface area contributed by atoms with Crippen LogP contribution in [0.25, 0.3) is 27.7 Å². The number of rotatable bonds is 3. The highest BCUT2D eigenvalue weighted by atomic mass is 32.1. The Labute approximate surface area is 163 Å². The topological polar surface area (TPSA) is 91.1 Å². The zero-order valence-corrected chi connectivity index (χ0v) is 15.6. The van der Waals surface area contributed by atoms with Crippen LogP contribution in [0.4, 0.5) is 10.9 Å². The molecule has 6 rings (SSSR count). The Kier molecular flexibility index (Phi) is 3.24. The van der Waals surface area contributed by atoms with Crippen molar-refractivity contribution in [3.8, 4) is 17.1 Å². The Hall–Kier alpha value is -3.39. The summed E-state index contributed by atoms with van der Waals surface area (Å²) in [5.74, 6) is 0.879. The van der Waals surface area contributed by atoms with Gasteiger partial charge in [-0.1, -0.05) is 6.07 Å². The number of benzene rings is 1. The lowest BCUT2D eigenvalue weighted by atomic mass is 10.1. The number of H-pyrrole nitrogens is 1. The van der Waals surface area contributed by atoms with Crippen LogP contribution in [-0.4, -0.2) is 29.4 Å². The maximum atomic E-state index is 9.83. The molecule has 5 aromatic rings. The molecule has 0 fully saturated rings. The van der Waals surface area contributed by atoms with Gasteiger partial charge in [-0.2, -0.15) is 0 Å². The first-order valence-corrected chi connectivity index (χ1v) is 9.96. The molecule has 7 nitrogen and oxygen atoms in total. The average molecular weight is 388 g/mol. The molecule has 8 heteroatoms. The van der Waals surface area contributed by atoms with Crippen molar-refractivity contribution in [1.82, 2.24) is 24.3 Å². The first-order valence-electron chi connectivity index (χ1n) is 9.14. The quantitative estimate of drug-likeness (QED) is 0.429. The normalized spacial score (nSPS) is 13.4. The summed E-state index contributed by atoms with van der Waals surface area (Å²) in [6.45, 7) is 0. The van der Waals surface area contributed by atoms with Gasteiger partial charge in [-0.15, -0.1) is 11.3 Å². The maximum absolute atomic E-state index is 9.83. The largest absolute Gasteiger partial charge is 0.494 e. The van der Waals surface area contributed by atoms with Gasteiger partial charge in [0.25, 0.3) is 0 Å². The molecule has 138 valence electrons. The van der Waals surface area contributed by atoms with E-state index in [9.17, 15) is 5.11 Å². The van der Waals surface area contributed by atoms with Crippen LogP contribution >= 0.6 is 11.3 Å². The van der Waals surface area contributed by atoms with Gasteiger partial charge in [0.15, 0.2) is 22.5 Å². The second-order valence-electron chi connectivity index (χ2n) is 6.92. The van der Waals surface area contributed by atoms with Crippen LogP contribution in [0.5, 0.6) is 5.88 Å². The number of anilines is 2. The standard InChI is InChI=1S/C20H16N6OS/c27-19-13-5-4-11(8-12(13)9-23-19)15-10-22-17(18-21-6-7-26(15)18)25-20-24-14-2-1-3-16(14)28-20/h4-10,23,27H,1-3H2,(H,22,24,25). The Morgan fingerprint density at radius 2 is 2.18 bits per heavy atom. The highest BCUT2D eigenvalue weighted by molar-refractivity contribution is 7.15. The minimum atomic E-state index is 0.183. The number of nitrogens with zero attached hydrogens (tertiary/aromatic N) is 4. The molecule has 0 atom stereocenters. The van der Waals surface area contributed by atoms with E-state index >= 15 is 0 Å². The van der Waals surface area contributed by atoms with Gasteiger partial charge in [-0.3, -0.25) is 4.40 Å². The predicted molar refractivity (Wildman–Crippen MR) is 109 cm³/mol. The number of hydrogen-bond acceptors (Lipinski definition) is 6. The predicted octanol–water partition coefficient (Wildman–Crippen LogP) is 4.27. The molecule has 3 N–H and O–H groups in total. The van der Waals surface area contributed by atoms with Crippen LogP contribution in [-0.2, 0) is 12.8 Å². The van der Waals surface area contributed by atoms with E-state index in [0.29, 0.717) is 5.82 Å². The van der Waals surface area contributed by atoms with Gasteiger partial charge < -0.3 is 15.4 Å². The molecule has 1 aliphatic carbocycles. The highest BCUT2D eigenvalue weighted by Gasteiger charge is 2.18. The number of aromatic hydroxyl groups is 1. The van der Waals surface area contributed by atoms with Crippen LogP contribution in [0, 0.1) is 0 Å². The van der Waals surface area contributed by atoms with Gasteiger partial charge in [0, 0.05) is 39.8 Å². The molecule has 0 saturated carbocycles. The third kappa shape index (κ3) is 2.31. The van der Waals surface area contributed by atoms with Crippen molar-refractivity contribution < 1.29 is 5.11 Å². The molecule has 0 bridgehead atoms. The van der Waals surface area contributed by atoms with Crippen molar-refractivity contribution in [2.75, 3.05) is 5.32 Å². The van der Waals surface area contributed by atoms with Crippen LogP contribution in [0.2, 0.25) is 0 Å². The van der Waals surface area contributed by atoms with Gasteiger partial charge >= 0.3 is 0 Å². The number of thiazole rings is 1. The zero-order valence-electron chi connectivity index (χ0n) is 14.8. The van der Waals surface area contributed by atoms with Crippen molar-refractivity contribution in [2.45, 2.75) is 19.3 Å². The molecule has 4 aromatic heterocycles. The Morgan fingerprint density at radius 3 is 3.11 bits per heavy atom. The third-order valence-corrected chi connectivity index (χ3v) is 6.29. The summed E-state index contributed by atoms with van der Waals surface area (Å²) in [6.07, 6.45) is 10.7. The molecule has 1 aliphatic rings. The van der Waals surface area contributed by atoms with E-state index < -0.39 is 0 Å². The van der Waals surface area contributed by atoms with E-state index in [0.717, 1.165) is 45.7 Å². The summed E-state index contributed by atoms with van der Waals surface area (Å²) < 4.78 is 2.02. The number of aryl methyl sites for hydroxylation is 2. The number of aromatic nitrogens is 5. The summed E-state index contributed by atoms with van der Waals surface area (Å²) in [4.78, 5) is 18.1. The smallest absolute Gasteiger partial charge is 0.196 e. The van der Waals surface area contributed by atoms with Gasteiger partial charge in [-0.05, 0) is 31.4 Å². The third-order valence-electron chi connectivity index (χ3n) is 5.22. The fourth-order valence-electron chi connectivity index (χ4n) is 3.85. The van der Waals surface area contributed by atoms with Crippen molar-refractivity contribution >= 4 is 38.7 Å². The number of aromatic amines is 1. The number of fused-ring (bicyclic) bond motifs is 3. The van der Waals surface area contributed by atoms with Crippen molar-refractivity contribution in [3.05, 3.63) is 53.6 Å². The average Bonchev–Trinajstić information content (AvgIpc) is 3.46. The molecule has 0 spiro atoms. The van der Waals surface area contributed by atoms with Crippen molar-refractivity contribution in [3.63, 3.8) is 0 Å². The summed E-state index contributed by atoms with van der Waals surface area (Å²) >= 11 is 1.71. The summed E-state index contributed by atoms with van der Waals surface area (Å²) in [5.41, 5.74) is 3.90. The highest BCUT2D eigenvalue weighted by Crippen LogP contribution is 2.34. The molecule has 4 heterocycles. The monoisotopic (exact) mass is 388 g/mol. The SMILES string of the molecule is Oc1[nH]cc2cc(-c3cnc(Nc4nc5c(s4)CCC5)c4nccn34)ccc12. The second kappa shape index (κ2) is 5.80. The molecule has 0 radical (unpaired) electrons. The van der Waals surface area contributed by atoms with E-state index in [1.165, 1.54) is 17.0 Å². The lowest BCUT2D eigenvalue weighted by Crippen LogP contribution is -2.00. The van der Waals surface area contributed by atoms with Gasteiger partial charge in [0.05, 0.1) is 17.6 Å². The molecule has 0 saturated heterocycles. The summed E-state index contributed by atoms with van der Waals surface area (Å²) in [6, 6.07) is 5.91. The number of imidazole rings is 1. The maximum Gasteiger partial charge on any atom is 0.196 e. The molecule has 28 heavy (non-hydrogen) atoms. The first-order chi connectivity index (χ1) is 13.8.